The molecule has 0 fully saturated rings. The van der Waals surface area contributed by atoms with E-state index in [9.17, 15) is 4.79 Å². The number of nitrogens with zero attached hydrogens (tertiary/aromatic N) is 2. The summed E-state index contributed by atoms with van der Waals surface area (Å²) in [7, 11) is 0. The van der Waals surface area contributed by atoms with Gasteiger partial charge in [0.05, 0.1) is 5.69 Å². The Hall–Kier alpha value is -2.30. The van der Waals surface area contributed by atoms with E-state index in [1.807, 2.05) is 74.6 Å². The van der Waals surface area contributed by atoms with Crippen molar-refractivity contribution in [2.45, 2.75) is 45.2 Å². The fraction of sp³-hybridized carbons (Fsp3) is 0.304. The predicted molar refractivity (Wildman–Crippen MR) is 119 cm³/mol. The van der Waals surface area contributed by atoms with Crippen LogP contribution >= 0.6 is 23.2 Å². The van der Waals surface area contributed by atoms with Gasteiger partial charge in [0.25, 0.3) is 0 Å². The minimum atomic E-state index is -0.0429. The van der Waals surface area contributed by atoms with Gasteiger partial charge in [-0.25, -0.2) is 0 Å². The van der Waals surface area contributed by atoms with Crippen molar-refractivity contribution in [1.82, 2.24) is 15.1 Å². The first-order valence-corrected chi connectivity index (χ1v) is 10.5. The molecule has 2 atom stereocenters. The van der Waals surface area contributed by atoms with Gasteiger partial charge in [-0.3, -0.25) is 9.48 Å². The van der Waals surface area contributed by atoms with Gasteiger partial charge in [-0.2, -0.15) is 5.10 Å². The first-order chi connectivity index (χ1) is 13.9. The van der Waals surface area contributed by atoms with Gasteiger partial charge < -0.3 is 5.32 Å². The summed E-state index contributed by atoms with van der Waals surface area (Å²) >= 11 is 12.1. The molecule has 0 radical (unpaired) electrons. The fourth-order valence-electron chi connectivity index (χ4n) is 3.40. The van der Waals surface area contributed by atoms with Crippen molar-refractivity contribution in [3.63, 3.8) is 0 Å². The maximum absolute atomic E-state index is 12.5. The van der Waals surface area contributed by atoms with E-state index >= 15 is 0 Å². The lowest BCUT2D eigenvalue weighted by atomic mass is 9.86. The summed E-state index contributed by atoms with van der Waals surface area (Å²) in [5.41, 5.74) is 3.26. The maximum Gasteiger partial charge on any atom is 0.222 e. The van der Waals surface area contributed by atoms with Crippen molar-refractivity contribution >= 4 is 29.1 Å². The molecule has 1 aromatic heterocycles. The van der Waals surface area contributed by atoms with Crippen LogP contribution in [0.15, 0.2) is 60.8 Å². The van der Waals surface area contributed by atoms with Gasteiger partial charge in [0, 0.05) is 41.2 Å². The molecule has 0 saturated carbocycles. The highest BCUT2D eigenvalue weighted by Crippen LogP contribution is 2.26. The number of carbonyl (C=O) groups is 1. The normalized spacial score (nSPS) is 13.1. The van der Waals surface area contributed by atoms with E-state index in [0.717, 1.165) is 17.7 Å². The molecule has 0 aliphatic carbocycles. The van der Waals surface area contributed by atoms with Crippen molar-refractivity contribution in [1.29, 1.82) is 0 Å². The predicted octanol–water partition coefficient (Wildman–Crippen LogP) is 5.42. The van der Waals surface area contributed by atoms with Crippen LogP contribution < -0.4 is 5.32 Å². The molecule has 6 heteroatoms. The van der Waals surface area contributed by atoms with E-state index < -0.39 is 0 Å². The number of amides is 1. The summed E-state index contributed by atoms with van der Waals surface area (Å²) in [6, 6.07) is 17.6. The van der Waals surface area contributed by atoms with Gasteiger partial charge in [-0.05, 0) is 61.7 Å². The SMILES string of the molecule is Cc1ccn(CCC(=O)NC(C)C(Cc2ccc(Cl)cc2)c2ccc(Cl)cc2)n1. The van der Waals surface area contributed by atoms with Crippen LogP contribution in [0.1, 0.15) is 36.1 Å². The number of hydrogen-bond acceptors (Lipinski definition) is 2. The van der Waals surface area contributed by atoms with Crippen molar-refractivity contribution in [3.05, 3.63) is 87.7 Å². The number of carbonyl (C=O) groups excluding carboxylic acids is 1. The standard InChI is InChI=1S/C23H25Cl2N3O/c1-16-11-13-28(27-16)14-12-23(29)26-17(2)22(19-5-9-21(25)10-6-19)15-18-3-7-20(24)8-4-18/h3-11,13,17,22H,12,14-15H2,1-2H3,(H,26,29). The van der Waals surface area contributed by atoms with Crippen LogP contribution in [0.2, 0.25) is 10.0 Å². The van der Waals surface area contributed by atoms with Crippen LogP contribution in [-0.4, -0.2) is 21.7 Å². The lowest BCUT2D eigenvalue weighted by molar-refractivity contribution is -0.122. The first-order valence-electron chi connectivity index (χ1n) is 9.70. The number of hydrogen-bond donors (Lipinski definition) is 1. The van der Waals surface area contributed by atoms with Crippen molar-refractivity contribution in [2.75, 3.05) is 0 Å². The zero-order chi connectivity index (χ0) is 20.8. The molecule has 0 saturated heterocycles. The smallest absolute Gasteiger partial charge is 0.222 e. The van der Waals surface area contributed by atoms with Crippen LogP contribution in [-0.2, 0) is 17.8 Å². The zero-order valence-corrected chi connectivity index (χ0v) is 18.1. The quantitative estimate of drug-likeness (QED) is 0.519. The van der Waals surface area contributed by atoms with E-state index in [4.69, 9.17) is 23.2 Å². The Morgan fingerprint density at radius 1 is 1.03 bits per heavy atom. The maximum atomic E-state index is 12.5. The minimum Gasteiger partial charge on any atom is -0.353 e. The highest BCUT2D eigenvalue weighted by Gasteiger charge is 2.22. The second kappa shape index (κ2) is 9.95. The monoisotopic (exact) mass is 429 g/mol. The minimum absolute atomic E-state index is 0.0146. The molecule has 1 N–H and O–H groups in total. The topological polar surface area (TPSA) is 46.9 Å². The molecule has 152 valence electrons. The third kappa shape index (κ3) is 6.34. The van der Waals surface area contributed by atoms with Gasteiger partial charge in [-0.1, -0.05) is 47.5 Å². The van der Waals surface area contributed by atoms with Crippen LogP contribution in [0.5, 0.6) is 0 Å². The van der Waals surface area contributed by atoms with Crippen molar-refractivity contribution in [3.8, 4) is 0 Å². The summed E-state index contributed by atoms with van der Waals surface area (Å²) in [6.45, 7) is 4.55. The molecule has 3 rings (SSSR count). The van der Waals surface area contributed by atoms with E-state index in [1.54, 1.807) is 4.68 Å². The van der Waals surface area contributed by atoms with Gasteiger partial charge in [-0.15, -0.1) is 0 Å². The molecule has 0 aliphatic rings. The lowest BCUT2D eigenvalue weighted by Crippen LogP contribution is -2.38. The molecule has 1 heterocycles. The molecular formula is C23H25Cl2N3O. The molecular weight excluding hydrogens is 405 g/mol. The third-order valence-electron chi connectivity index (χ3n) is 5.00. The molecule has 0 spiro atoms. The number of aromatic nitrogens is 2. The summed E-state index contributed by atoms with van der Waals surface area (Å²) in [5, 5.41) is 8.91. The van der Waals surface area contributed by atoms with Crippen LogP contribution in [0.3, 0.4) is 0 Å². The third-order valence-corrected chi connectivity index (χ3v) is 5.51. The largest absolute Gasteiger partial charge is 0.353 e. The van der Waals surface area contributed by atoms with Crippen molar-refractivity contribution in [2.24, 2.45) is 0 Å². The Balaban J connectivity index is 1.69. The van der Waals surface area contributed by atoms with Gasteiger partial charge in [0.2, 0.25) is 5.91 Å². The Labute approximate surface area is 181 Å². The second-order valence-electron chi connectivity index (χ2n) is 7.32. The van der Waals surface area contributed by atoms with Gasteiger partial charge >= 0.3 is 0 Å². The number of rotatable bonds is 8. The molecule has 0 aliphatic heterocycles. The molecule has 3 aromatic rings. The first kappa shape index (κ1) is 21.4. The highest BCUT2D eigenvalue weighted by atomic mass is 35.5. The van der Waals surface area contributed by atoms with Crippen LogP contribution in [0.25, 0.3) is 0 Å². The Kier molecular flexibility index (Phi) is 7.34. The van der Waals surface area contributed by atoms with E-state index in [0.29, 0.717) is 23.0 Å². The summed E-state index contributed by atoms with van der Waals surface area (Å²) in [5.74, 6) is 0.130. The number of benzene rings is 2. The summed E-state index contributed by atoms with van der Waals surface area (Å²) < 4.78 is 1.80. The lowest BCUT2D eigenvalue weighted by Gasteiger charge is -2.26. The van der Waals surface area contributed by atoms with E-state index in [-0.39, 0.29) is 17.9 Å². The van der Waals surface area contributed by atoms with Crippen LogP contribution in [0, 0.1) is 6.92 Å². The molecule has 4 nitrogen and oxygen atoms in total. The molecule has 1 amide bonds. The summed E-state index contributed by atoms with van der Waals surface area (Å²) in [4.78, 5) is 12.5. The average molecular weight is 430 g/mol. The van der Waals surface area contributed by atoms with E-state index in [1.165, 1.54) is 5.56 Å². The van der Waals surface area contributed by atoms with Crippen LogP contribution in [0.4, 0.5) is 0 Å². The molecule has 2 aromatic carbocycles. The Morgan fingerprint density at radius 2 is 1.66 bits per heavy atom. The van der Waals surface area contributed by atoms with Gasteiger partial charge in [0.1, 0.15) is 0 Å². The second-order valence-corrected chi connectivity index (χ2v) is 8.19. The average Bonchev–Trinajstić information content (AvgIpc) is 3.12. The van der Waals surface area contributed by atoms with E-state index in [2.05, 4.69) is 10.4 Å². The molecule has 2 unspecified atom stereocenters. The Morgan fingerprint density at radius 3 is 2.24 bits per heavy atom. The zero-order valence-electron chi connectivity index (χ0n) is 16.6. The highest BCUT2D eigenvalue weighted by molar-refractivity contribution is 6.30. The number of nitrogens with one attached hydrogen (secondary N) is 1. The fourth-order valence-corrected chi connectivity index (χ4v) is 3.65. The number of halogens is 2. The van der Waals surface area contributed by atoms with Gasteiger partial charge in [0.15, 0.2) is 0 Å². The summed E-state index contributed by atoms with van der Waals surface area (Å²) in [6.07, 6.45) is 3.07. The number of aryl methyl sites for hydroxylation is 2. The van der Waals surface area contributed by atoms with Crippen molar-refractivity contribution < 1.29 is 4.79 Å². The molecule has 29 heavy (non-hydrogen) atoms. The molecule has 0 bridgehead atoms. The Bertz CT molecular complexity index is 936.